The Morgan fingerprint density at radius 1 is 0.812 bits per heavy atom. The van der Waals surface area contributed by atoms with Crippen molar-refractivity contribution in [3.05, 3.63) is 114 Å². The van der Waals surface area contributed by atoms with Crippen LogP contribution in [0.3, 0.4) is 0 Å². The standard InChI is InChI=1S/C27H23N3O2/c1-19-16-20(2)29-27(28-19)32-24-15-9-14-23(18-24)30-26(31)25(22-12-7-4-8-13-22)17-21-10-5-3-6-11-21/h3-18H,1-2H3,(H,30,31)/b25-17-. The molecule has 0 atom stereocenters. The third-order valence-electron chi connectivity index (χ3n) is 4.70. The molecular weight excluding hydrogens is 398 g/mol. The van der Waals surface area contributed by atoms with E-state index in [1.54, 1.807) is 12.1 Å². The van der Waals surface area contributed by atoms with E-state index in [9.17, 15) is 4.79 Å². The first-order valence-electron chi connectivity index (χ1n) is 10.3. The van der Waals surface area contributed by atoms with Gasteiger partial charge in [-0.25, -0.2) is 9.97 Å². The third-order valence-corrected chi connectivity index (χ3v) is 4.70. The topological polar surface area (TPSA) is 64.1 Å². The summed E-state index contributed by atoms with van der Waals surface area (Å²) in [7, 11) is 0. The molecule has 158 valence electrons. The number of carbonyl (C=O) groups is 1. The molecule has 1 N–H and O–H groups in total. The molecular formula is C27H23N3O2. The van der Waals surface area contributed by atoms with Crippen molar-refractivity contribution in [2.45, 2.75) is 13.8 Å². The van der Waals surface area contributed by atoms with Crippen LogP contribution < -0.4 is 10.1 Å². The van der Waals surface area contributed by atoms with Crippen molar-refractivity contribution >= 4 is 23.2 Å². The molecule has 3 aromatic carbocycles. The Morgan fingerprint density at radius 2 is 1.47 bits per heavy atom. The Labute approximate surface area is 187 Å². The van der Waals surface area contributed by atoms with Gasteiger partial charge in [0.15, 0.2) is 0 Å². The van der Waals surface area contributed by atoms with Crippen molar-refractivity contribution in [3.8, 4) is 11.8 Å². The first kappa shape index (κ1) is 21.0. The average molecular weight is 422 g/mol. The van der Waals surface area contributed by atoms with Gasteiger partial charge in [0.25, 0.3) is 5.91 Å². The lowest BCUT2D eigenvalue weighted by atomic mass is 10.0. The van der Waals surface area contributed by atoms with E-state index in [2.05, 4.69) is 15.3 Å². The quantitative estimate of drug-likeness (QED) is 0.303. The van der Waals surface area contributed by atoms with Crippen LogP contribution in [0.5, 0.6) is 11.8 Å². The summed E-state index contributed by atoms with van der Waals surface area (Å²) in [6.45, 7) is 3.78. The first-order valence-corrected chi connectivity index (χ1v) is 10.3. The van der Waals surface area contributed by atoms with Crippen LogP contribution in [0.1, 0.15) is 22.5 Å². The lowest BCUT2D eigenvalue weighted by Crippen LogP contribution is -2.13. The van der Waals surface area contributed by atoms with Crippen LogP contribution >= 0.6 is 0 Å². The van der Waals surface area contributed by atoms with Crippen LogP contribution in [0.15, 0.2) is 91.0 Å². The van der Waals surface area contributed by atoms with Crippen molar-refractivity contribution in [2.75, 3.05) is 5.32 Å². The SMILES string of the molecule is Cc1cc(C)nc(Oc2cccc(NC(=O)/C(=C\c3ccccc3)c3ccccc3)c2)n1. The van der Waals surface area contributed by atoms with Gasteiger partial charge in [-0.15, -0.1) is 0 Å². The molecule has 0 bridgehead atoms. The number of amides is 1. The van der Waals surface area contributed by atoms with Gasteiger partial charge in [-0.2, -0.15) is 0 Å². The second kappa shape index (κ2) is 9.71. The number of rotatable bonds is 6. The lowest BCUT2D eigenvalue weighted by Gasteiger charge is -2.11. The van der Waals surface area contributed by atoms with Gasteiger partial charge in [-0.05, 0) is 49.2 Å². The molecule has 32 heavy (non-hydrogen) atoms. The van der Waals surface area contributed by atoms with Gasteiger partial charge in [0.2, 0.25) is 0 Å². The molecule has 0 aliphatic rings. The molecule has 1 heterocycles. The van der Waals surface area contributed by atoms with Gasteiger partial charge in [-0.3, -0.25) is 4.79 Å². The summed E-state index contributed by atoms with van der Waals surface area (Å²) in [6.07, 6.45) is 1.88. The molecule has 0 radical (unpaired) electrons. The molecule has 1 amide bonds. The van der Waals surface area contributed by atoms with Gasteiger partial charge >= 0.3 is 6.01 Å². The number of carbonyl (C=O) groups excluding carboxylic acids is 1. The maximum atomic E-state index is 13.2. The van der Waals surface area contributed by atoms with Gasteiger partial charge in [0.05, 0.1) is 0 Å². The van der Waals surface area contributed by atoms with Crippen LogP contribution in [0.4, 0.5) is 5.69 Å². The van der Waals surface area contributed by atoms with Crippen molar-refractivity contribution < 1.29 is 9.53 Å². The number of anilines is 1. The van der Waals surface area contributed by atoms with Crippen LogP contribution in [-0.4, -0.2) is 15.9 Å². The number of benzene rings is 3. The van der Waals surface area contributed by atoms with Gasteiger partial charge in [-0.1, -0.05) is 66.7 Å². The Hall–Kier alpha value is -4.25. The molecule has 5 nitrogen and oxygen atoms in total. The Kier molecular flexibility index (Phi) is 6.37. The van der Waals surface area contributed by atoms with E-state index in [1.165, 1.54) is 0 Å². The first-order chi connectivity index (χ1) is 15.6. The molecule has 0 aliphatic heterocycles. The van der Waals surface area contributed by atoms with Crippen molar-refractivity contribution in [2.24, 2.45) is 0 Å². The van der Waals surface area contributed by atoms with Crippen LogP contribution in [0, 0.1) is 13.8 Å². The second-order valence-electron chi connectivity index (χ2n) is 7.35. The maximum absolute atomic E-state index is 13.2. The number of aromatic nitrogens is 2. The van der Waals surface area contributed by atoms with Gasteiger partial charge in [0.1, 0.15) is 5.75 Å². The van der Waals surface area contributed by atoms with Crippen LogP contribution in [0.25, 0.3) is 11.6 Å². The molecule has 0 aliphatic carbocycles. The smallest absolute Gasteiger partial charge is 0.322 e. The fraction of sp³-hybridized carbons (Fsp3) is 0.0741. The minimum atomic E-state index is -0.208. The van der Waals surface area contributed by atoms with E-state index < -0.39 is 0 Å². The molecule has 5 heteroatoms. The van der Waals surface area contributed by atoms with Gasteiger partial charge in [0, 0.05) is 28.7 Å². The minimum Gasteiger partial charge on any atom is -0.424 e. The van der Waals surface area contributed by atoms with Crippen LogP contribution in [0.2, 0.25) is 0 Å². The summed E-state index contributed by atoms with van der Waals surface area (Å²) >= 11 is 0. The summed E-state index contributed by atoms with van der Waals surface area (Å²) in [5, 5.41) is 2.98. The largest absolute Gasteiger partial charge is 0.424 e. The van der Waals surface area contributed by atoms with Crippen molar-refractivity contribution in [3.63, 3.8) is 0 Å². The highest BCUT2D eigenvalue weighted by Crippen LogP contribution is 2.25. The zero-order valence-electron chi connectivity index (χ0n) is 17.9. The predicted molar refractivity (Wildman–Crippen MR) is 127 cm³/mol. The van der Waals surface area contributed by atoms with E-state index in [4.69, 9.17) is 4.74 Å². The Balaban J connectivity index is 1.58. The summed E-state index contributed by atoms with van der Waals surface area (Å²) in [4.78, 5) is 21.8. The van der Waals surface area contributed by atoms with Crippen molar-refractivity contribution in [1.82, 2.24) is 9.97 Å². The number of nitrogens with one attached hydrogen (secondary N) is 1. The van der Waals surface area contributed by atoms with E-state index >= 15 is 0 Å². The van der Waals surface area contributed by atoms with E-state index in [0.717, 1.165) is 22.5 Å². The molecule has 1 aromatic heterocycles. The molecule has 0 saturated carbocycles. The highest BCUT2D eigenvalue weighted by atomic mass is 16.5. The predicted octanol–water partition coefficient (Wildman–Crippen LogP) is 6.07. The number of ether oxygens (including phenoxy) is 1. The van der Waals surface area contributed by atoms with Crippen LogP contribution in [-0.2, 0) is 4.79 Å². The molecule has 0 spiro atoms. The molecule has 4 rings (SSSR count). The zero-order chi connectivity index (χ0) is 22.3. The summed E-state index contributed by atoms with van der Waals surface area (Å²) in [6, 6.07) is 28.7. The average Bonchev–Trinajstić information content (AvgIpc) is 2.78. The Morgan fingerprint density at radius 3 is 2.16 bits per heavy atom. The summed E-state index contributed by atoms with van der Waals surface area (Å²) in [5.74, 6) is 0.334. The van der Waals surface area contributed by atoms with E-state index in [-0.39, 0.29) is 11.9 Å². The fourth-order valence-electron chi connectivity index (χ4n) is 3.29. The van der Waals surface area contributed by atoms with Crippen molar-refractivity contribution in [1.29, 1.82) is 0 Å². The second-order valence-corrected chi connectivity index (χ2v) is 7.35. The highest BCUT2D eigenvalue weighted by Gasteiger charge is 2.13. The number of nitrogens with zero attached hydrogens (tertiary/aromatic N) is 2. The highest BCUT2D eigenvalue weighted by molar-refractivity contribution is 6.29. The molecule has 0 unspecified atom stereocenters. The fourth-order valence-corrected chi connectivity index (χ4v) is 3.29. The minimum absolute atomic E-state index is 0.208. The Bertz CT molecular complexity index is 1230. The zero-order valence-corrected chi connectivity index (χ0v) is 17.9. The lowest BCUT2D eigenvalue weighted by molar-refractivity contribution is -0.111. The number of aryl methyl sites for hydroxylation is 2. The monoisotopic (exact) mass is 421 g/mol. The van der Waals surface area contributed by atoms with E-state index in [0.29, 0.717) is 17.0 Å². The van der Waals surface area contributed by atoms with Gasteiger partial charge < -0.3 is 10.1 Å². The number of hydrogen-bond acceptors (Lipinski definition) is 4. The summed E-state index contributed by atoms with van der Waals surface area (Å²) in [5.41, 5.74) is 4.63. The molecule has 0 saturated heterocycles. The molecule has 4 aromatic rings. The molecule has 0 fully saturated rings. The normalized spacial score (nSPS) is 11.1. The maximum Gasteiger partial charge on any atom is 0.322 e. The third kappa shape index (κ3) is 5.46. The summed E-state index contributed by atoms with van der Waals surface area (Å²) < 4.78 is 5.81. The number of hydrogen-bond donors (Lipinski definition) is 1. The van der Waals surface area contributed by atoms with E-state index in [1.807, 2.05) is 98.8 Å².